The first-order valence-electron chi connectivity index (χ1n) is 9.55. The molecule has 4 rings (SSSR count). The monoisotopic (exact) mass is 355 g/mol. The van der Waals surface area contributed by atoms with Crippen LogP contribution < -0.4 is 10.2 Å². The summed E-state index contributed by atoms with van der Waals surface area (Å²) in [6, 6.07) is 3.80. The van der Waals surface area contributed by atoms with Crippen molar-refractivity contribution < 1.29 is 4.79 Å². The number of anilines is 1. The molecule has 0 bridgehead atoms. The van der Waals surface area contributed by atoms with Gasteiger partial charge in [0.1, 0.15) is 0 Å². The first-order valence-corrected chi connectivity index (χ1v) is 9.55. The van der Waals surface area contributed by atoms with Gasteiger partial charge in [0.05, 0.1) is 0 Å². The number of carbonyl (C=O) groups excluding carboxylic acids is 1. The zero-order valence-corrected chi connectivity index (χ0v) is 15.0. The molecule has 2 aromatic rings. The van der Waals surface area contributed by atoms with Gasteiger partial charge in [0.25, 0.3) is 0 Å². The quantitative estimate of drug-likeness (QED) is 0.822. The number of hydrogen-bond acceptors (Lipinski definition) is 6. The fourth-order valence-corrected chi connectivity index (χ4v) is 3.80. The molecule has 1 saturated heterocycles. The number of rotatable bonds is 5. The van der Waals surface area contributed by atoms with E-state index in [1.807, 2.05) is 12.1 Å². The molecule has 0 unspecified atom stereocenters. The molecule has 0 aromatic carbocycles. The third-order valence-electron chi connectivity index (χ3n) is 5.38. The van der Waals surface area contributed by atoms with Crippen LogP contribution in [0.25, 0.3) is 5.65 Å². The van der Waals surface area contributed by atoms with Crippen LogP contribution in [0.4, 0.5) is 5.82 Å². The number of amides is 1. The van der Waals surface area contributed by atoms with Crippen LogP contribution >= 0.6 is 0 Å². The first kappa shape index (κ1) is 16.9. The summed E-state index contributed by atoms with van der Waals surface area (Å²) in [6.45, 7) is 2.41. The highest BCUT2D eigenvalue weighted by Crippen LogP contribution is 2.22. The SMILES string of the molecule is O=C(NCCC1=CCCCC1)C1CCN(c2ccc3nnnn3n2)CC1. The van der Waals surface area contributed by atoms with E-state index in [2.05, 4.69) is 36.9 Å². The lowest BCUT2D eigenvalue weighted by Crippen LogP contribution is -2.41. The second-order valence-electron chi connectivity index (χ2n) is 7.13. The molecular weight excluding hydrogens is 330 g/mol. The van der Waals surface area contributed by atoms with Gasteiger partial charge in [-0.1, -0.05) is 11.6 Å². The highest BCUT2D eigenvalue weighted by Gasteiger charge is 2.25. The van der Waals surface area contributed by atoms with Gasteiger partial charge in [-0.05, 0) is 67.5 Å². The molecule has 26 heavy (non-hydrogen) atoms. The highest BCUT2D eigenvalue weighted by atomic mass is 16.1. The third-order valence-corrected chi connectivity index (χ3v) is 5.38. The molecule has 1 aliphatic heterocycles. The summed E-state index contributed by atoms with van der Waals surface area (Å²) in [6.07, 6.45) is 10.1. The number of piperidine rings is 1. The molecule has 0 spiro atoms. The number of nitrogens with zero attached hydrogens (tertiary/aromatic N) is 6. The van der Waals surface area contributed by atoms with Gasteiger partial charge in [-0.2, -0.15) is 0 Å². The Morgan fingerprint density at radius 3 is 2.92 bits per heavy atom. The van der Waals surface area contributed by atoms with Gasteiger partial charge in [-0.25, -0.2) is 0 Å². The Morgan fingerprint density at radius 1 is 1.23 bits per heavy atom. The minimum Gasteiger partial charge on any atom is -0.356 e. The fourth-order valence-electron chi connectivity index (χ4n) is 3.80. The number of carbonyl (C=O) groups is 1. The average Bonchev–Trinajstić information content (AvgIpc) is 3.17. The third kappa shape index (κ3) is 3.84. The van der Waals surface area contributed by atoms with Crippen LogP contribution in [0.15, 0.2) is 23.8 Å². The smallest absolute Gasteiger partial charge is 0.223 e. The van der Waals surface area contributed by atoms with E-state index in [1.54, 1.807) is 0 Å². The molecule has 8 nitrogen and oxygen atoms in total. The predicted octanol–water partition coefficient (Wildman–Crippen LogP) is 1.74. The Morgan fingerprint density at radius 2 is 2.12 bits per heavy atom. The lowest BCUT2D eigenvalue weighted by molar-refractivity contribution is -0.125. The Balaban J connectivity index is 1.24. The van der Waals surface area contributed by atoms with E-state index in [0.717, 1.165) is 44.7 Å². The number of allylic oxidation sites excluding steroid dienone is 1. The van der Waals surface area contributed by atoms with Gasteiger partial charge in [0, 0.05) is 25.6 Å². The summed E-state index contributed by atoms with van der Waals surface area (Å²) in [7, 11) is 0. The van der Waals surface area contributed by atoms with E-state index in [4.69, 9.17) is 0 Å². The summed E-state index contributed by atoms with van der Waals surface area (Å²) >= 11 is 0. The van der Waals surface area contributed by atoms with Crippen LogP contribution in [0.2, 0.25) is 0 Å². The summed E-state index contributed by atoms with van der Waals surface area (Å²) in [5.41, 5.74) is 2.14. The molecule has 1 N–H and O–H groups in total. The zero-order chi connectivity index (χ0) is 17.8. The second kappa shape index (κ2) is 7.80. The Labute approximate surface area is 152 Å². The van der Waals surface area contributed by atoms with E-state index in [9.17, 15) is 4.79 Å². The highest BCUT2D eigenvalue weighted by molar-refractivity contribution is 5.79. The van der Waals surface area contributed by atoms with E-state index in [-0.39, 0.29) is 11.8 Å². The maximum Gasteiger partial charge on any atom is 0.223 e. The number of aromatic nitrogens is 5. The second-order valence-corrected chi connectivity index (χ2v) is 7.13. The lowest BCUT2D eigenvalue weighted by atomic mass is 9.95. The maximum absolute atomic E-state index is 12.4. The van der Waals surface area contributed by atoms with Gasteiger partial charge in [-0.3, -0.25) is 4.79 Å². The molecule has 0 saturated carbocycles. The van der Waals surface area contributed by atoms with Crippen molar-refractivity contribution in [1.29, 1.82) is 0 Å². The number of fused-ring (bicyclic) bond motifs is 1. The van der Waals surface area contributed by atoms with E-state index in [1.165, 1.54) is 35.9 Å². The molecule has 0 radical (unpaired) electrons. The summed E-state index contributed by atoms with van der Waals surface area (Å²) in [4.78, 5) is 14.6. The first-order chi connectivity index (χ1) is 12.8. The molecule has 1 fully saturated rings. The summed E-state index contributed by atoms with van der Waals surface area (Å²) in [5.74, 6) is 1.15. The van der Waals surface area contributed by atoms with Crippen molar-refractivity contribution >= 4 is 17.4 Å². The van der Waals surface area contributed by atoms with Crippen molar-refractivity contribution in [2.45, 2.75) is 44.9 Å². The molecule has 0 atom stereocenters. The van der Waals surface area contributed by atoms with Crippen LogP contribution in [-0.2, 0) is 4.79 Å². The molecule has 1 amide bonds. The van der Waals surface area contributed by atoms with Crippen LogP contribution in [0, 0.1) is 5.92 Å². The van der Waals surface area contributed by atoms with Gasteiger partial charge < -0.3 is 10.2 Å². The van der Waals surface area contributed by atoms with E-state index < -0.39 is 0 Å². The average molecular weight is 355 g/mol. The van der Waals surface area contributed by atoms with Crippen LogP contribution in [0.3, 0.4) is 0 Å². The van der Waals surface area contributed by atoms with E-state index in [0.29, 0.717) is 5.65 Å². The van der Waals surface area contributed by atoms with Gasteiger partial charge in [-0.15, -0.1) is 14.8 Å². The van der Waals surface area contributed by atoms with Crippen molar-refractivity contribution in [3.05, 3.63) is 23.8 Å². The Bertz CT molecular complexity index is 792. The van der Waals surface area contributed by atoms with Crippen LogP contribution in [-0.4, -0.2) is 50.8 Å². The number of nitrogens with one attached hydrogen (secondary N) is 1. The lowest BCUT2D eigenvalue weighted by Gasteiger charge is -2.31. The maximum atomic E-state index is 12.4. The van der Waals surface area contributed by atoms with Gasteiger partial charge >= 0.3 is 0 Å². The minimum absolute atomic E-state index is 0.100. The van der Waals surface area contributed by atoms with Gasteiger partial charge in [0.2, 0.25) is 5.91 Å². The molecule has 1 aliphatic carbocycles. The summed E-state index contributed by atoms with van der Waals surface area (Å²) < 4.78 is 1.44. The topological polar surface area (TPSA) is 88.3 Å². The number of tetrazole rings is 1. The molecule has 2 aliphatic rings. The molecule has 138 valence electrons. The minimum atomic E-state index is 0.100. The Hall–Kier alpha value is -2.51. The van der Waals surface area contributed by atoms with Crippen molar-refractivity contribution in [3.8, 4) is 0 Å². The normalized spacial score (nSPS) is 18.8. The molecule has 3 heterocycles. The largest absolute Gasteiger partial charge is 0.356 e. The van der Waals surface area contributed by atoms with Crippen molar-refractivity contribution in [2.75, 3.05) is 24.5 Å². The van der Waals surface area contributed by atoms with Crippen LogP contribution in [0.1, 0.15) is 44.9 Å². The fraction of sp³-hybridized carbons (Fsp3) is 0.611. The summed E-state index contributed by atoms with van der Waals surface area (Å²) in [5, 5.41) is 18.9. The number of hydrogen-bond donors (Lipinski definition) is 1. The van der Waals surface area contributed by atoms with Crippen molar-refractivity contribution in [3.63, 3.8) is 0 Å². The zero-order valence-electron chi connectivity index (χ0n) is 15.0. The molecule has 2 aromatic heterocycles. The molecular formula is C18H25N7O. The molecule has 8 heteroatoms. The predicted molar refractivity (Wildman–Crippen MR) is 97.7 cm³/mol. The Kier molecular flexibility index (Phi) is 5.08. The van der Waals surface area contributed by atoms with Crippen molar-refractivity contribution in [2.24, 2.45) is 5.92 Å². The van der Waals surface area contributed by atoms with Crippen molar-refractivity contribution in [1.82, 2.24) is 30.6 Å². The van der Waals surface area contributed by atoms with Crippen LogP contribution in [0.5, 0.6) is 0 Å². The van der Waals surface area contributed by atoms with Gasteiger partial charge in [0.15, 0.2) is 11.5 Å². The standard InChI is InChI=1S/C18H25N7O/c26-18(19-11-8-14-4-2-1-3-5-14)15-9-12-24(13-10-15)17-7-6-16-20-22-23-25(16)21-17/h4,6-7,15H,1-3,5,8-13H2,(H,19,26). The van der Waals surface area contributed by atoms with E-state index >= 15 is 0 Å².